The van der Waals surface area contributed by atoms with E-state index < -0.39 is 24.5 Å². The molecule has 0 heterocycles. The summed E-state index contributed by atoms with van der Waals surface area (Å²) in [6.45, 7) is -0.659. The van der Waals surface area contributed by atoms with Crippen molar-refractivity contribution in [3.05, 3.63) is 35.4 Å². The Hall–Kier alpha value is -2.08. The van der Waals surface area contributed by atoms with Crippen LogP contribution in [0.5, 0.6) is 0 Å². The molecule has 0 fully saturated rings. The number of ether oxygens (including phenoxy) is 4. The average Bonchev–Trinajstić information content (AvgIpc) is 2.77. The van der Waals surface area contributed by atoms with Crippen LogP contribution in [0.25, 0.3) is 0 Å². The normalized spacial score (nSPS) is 12.9. The average molecular weight is 430 g/mol. The van der Waals surface area contributed by atoms with Crippen molar-refractivity contribution in [1.29, 1.82) is 0 Å². The quantitative estimate of drug-likeness (QED) is 0.212. The highest BCUT2D eigenvalue weighted by Crippen LogP contribution is 2.13. The predicted octanol–water partition coefficient (Wildman–Crippen LogP) is 0.215. The molecule has 2 atom stereocenters. The summed E-state index contributed by atoms with van der Waals surface area (Å²) >= 11 is 0. The largest absolute Gasteiger partial charge is 0.432 e. The van der Waals surface area contributed by atoms with Gasteiger partial charge in [0.2, 0.25) is 12.6 Å². The van der Waals surface area contributed by atoms with Crippen molar-refractivity contribution in [3.63, 3.8) is 0 Å². The summed E-state index contributed by atoms with van der Waals surface area (Å²) < 4.78 is 20.9. The molecule has 0 amide bonds. The second-order valence-corrected chi connectivity index (χ2v) is 6.17. The second kappa shape index (κ2) is 15.7. The number of benzene rings is 1. The van der Waals surface area contributed by atoms with E-state index in [1.807, 2.05) is 0 Å². The highest BCUT2D eigenvalue weighted by atomic mass is 16.7. The molecule has 0 aliphatic heterocycles. The number of aliphatic hydroxyl groups is 4. The highest BCUT2D eigenvalue weighted by molar-refractivity contribution is 5.93. The van der Waals surface area contributed by atoms with Crippen molar-refractivity contribution in [1.82, 2.24) is 0 Å². The lowest BCUT2D eigenvalue weighted by atomic mass is 10.1. The van der Waals surface area contributed by atoms with Crippen LogP contribution in [0.2, 0.25) is 0 Å². The summed E-state index contributed by atoms with van der Waals surface area (Å²) in [5.41, 5.74) is 0.364. The number of esters is 2. The minimum Gasteiger partial charge on any atom is -0.432 e. The summed E-state index contributed by atoms with van der Waals surface area (Å²) in [7, 11) is 0. The molecule has 2 unspecified atom stereocenters. The molecule has 10 nitrogen and oxygen atoms in total. The summed E-state index contributed by atoms with van der Waals surface area (Å²) in [5, 5.41) is 35.5. The molecule has 1 aromatic rings. The van der Waals surface area contributed by atoms with Crippen molar-refractivity contribution in [2.75, 3.05) is 39.6 Å². The Labute approximate surface area is 174 Å². The van der Waals surface area contributed by atoms with Crippen LogP contribution in [-0.4, -0.2) is 84.6 Å². The van der Waals surface area contributed by atoms with E-state index in [1.54, 1.807) is 0 Å². The van der Waals surface area contributed by atoms with Gasteiger partial charge in [-0.2, -0.15) is 0 Å². The Morgan fingerprint density at radius 3 is 1.33 bits per heavy atom. The maximum absolute atomic E-state index is 12.3. The summed E-state index contributed by atoms with van der Waals surface area (Å²) in [4.78, 5) is 24.5. The fourth-order valence-electron chi connectivity index (χ4n) is 2.35. The van der Waals surface area contributed by atoms with Crippen LogP contribution < -0.4 is 0 Å². The van der Waals surface area contributed by atoms with Gasteiger partial charge in [0, 0.05) is 26.1 Å². The zero-order chi connectivity index (χ0) is 22.2. The molecule has 0 bridgehead atoms. The lowest BCUT2D eigenvalue weighted by Crippen LogP contribution is -2.24. The van der Waals surface area contributed by atoms with Gasteiger partial charge in [-0.25, -0.2) is 9.59 Å². The van der Waals surface area contributed by atoms with E-state index in [9.17, 15) is 9.59 Å². The Morgan fingerprint density at radius 1 is 0.667 bits per heavy atom. The summed E-state index contributed by atoms with van der Waals surface area (Å²) in [5.74, 6) is -1.36. The van der Waals surface area contributed by atoms with Gasteiger partial charge in [0.15, 0.2) is 0 Å². The maximum Gasteiger partial charge on any atom is 0.340 e. The van der Waals surface area contributed by atoms with Gasteiger partial charge in [0.25, 0.3) is 0 Å². The number of hydrogen-bond acceptors (Lipinski definition) is 10. The first-order valence-electron chi connectivity index (χ1n) is 9.74. The molecule has 0 aromatic heterocycles. The van der Waals surface area contributed by atoms with Crippen molar-refractivity contribution in [3.8, 4) is 0 Å². The summed E-state index contributed by atoms with van der Waals surface area (Å²) in [6.07, 6.45) is -0.533. The van der Waals surface area contributed by atoms with Crippen molar-refractivity contribution >= 4 is 11.9 Å². The van der Waals surface area contributed by atoms with Gasteiger partial charge in [0.1, 0.15) is 0 Å². The molecule has 170 valence electrons. The van der Waals surface area contributed by atoms with E-state index in [-0.39, 0.29) is 63.6 Å². The first-order valence-corrected chi connectivity index (χ1v) is 9.74. The van der Waals surface area contributed by atoms with Gasteiger partial charge in [-0.05, 0) is 37.1 Å². The van der Waals surface area contributed by atoms with Gasteiger partial charge < -0.3 is 39.4 Å². The van der Waals surface area contributed by atoms with E-state index in [2.05, 4.69) is 0 Å². The zero-order valence-corrected chi connectivity index (χ0v) is 16.8. The van der Waals surface area contributed by atoms with Crippen LogP contribution >= 0.6 is 0 Å². The molecule has 0 saturated carbocycles. The molecular formula is C20H30O10. The van der Waals surface area contributed by atoms with Gasteiger partial charge in [-0.1, -0.05) is 0 Å². The molecule has 0 saturated heterocycles. The monoisotopic (exact) mass is 430 g/mol. The Bertz CT molecular complexity index is 535. The molecule has 4 N–H and O–H groups in total. The third-order valence-electron chi connectivity index (χ3n) is 3.82. The van der Waals surface area contributed by atoms with Crippen molar-refractivity contribution in [2.24, 2.45) is 0 Å². The van der Waals surface area contributed by atoms with Gasteiger partial charge in [0.05, 0.1) is 37.6 Å². The first-order chi connectivity index (χ1) is 14.5. The Kier molecular flexibility index (Phi) is 13.6. The zero-order valence-electron chi connectivity index (χ0n) is 16.8. The SMILES string of the molecule is O=C(OC(CCCO)OCCO)c1ccc(C(=O)OC(CCCO)OCCO)cc1. The molecule has 1 rings (SSSR count). The topological polar surface area (TPSA) is 152 Å². The minimum atomic E-state index is -0.905. The molecule has 1 aromatic carbocycles. The third kappa shape index (κ3) is 10.1. The van der Waals surface area contributed by atoms with Gasteiger partial charge >= 0.3 is 11.9 Å². The standard InChI is InChI=1S/C20H30O10/c21-9-1-3-17(27-13-11-23)29-19(25)15-5-7-16(8-6-15)20(26)30-18(4-2-10-22)28-14-12-24/h5-8,17-18,21-24H,1-4,9-14H2. The fraction of sp³-hybridized carbons (Fsp3) is 0.600. The molecule has 0 radical (unpaired) electrons. The van der Waals surface area contributed by atoms with Crippen LogP contribution in [0, 0.1) is 0 Å². The first kappa shape index (κ1) is 26.0. The van der Waals surface area contributed by atoms with E-state index in [4.69, 9.17) is 39.4 Å². The van der Waals surface area contributed by atoms with E-state index in [0.717, 1.165) is 0 Å². The third-order valence-corrected chi connectivity index (χ3v) is 3.82. The van der Waals surface area contributed by atoms with Crippen LogP contribution in [0.4, 0.5) is 0 Å². The summed E-state index contributed by atoms with van der Waals surface area (Å²) in [6, 6.07) is 5.58. The minimum absolute atomic E-state index is 0.00997. The lowest BCUT2D eigenvalue weighted by molar-refractivity contribution is -0.121. The maximum atomic E-state index is 12.3. The fourth-order valence-corrected chi connectivity index (χ4v) is 2.35. The van der Waals surface area contributed by atoms with Crippen molar-refractivity contribution < 1.29 is 49.0 Å². The van der Waals surface area contributed by atoms with Crippen LogP contribution in [0.1, 0.15) is 46.4 Å². The molecule has 0 aliphatic rings. The number of carbonyl (C=O) groups excluding carboxylic acids is 2. The second-order valence-electron chi connectivity index (χ2n) is 6.17. The molecule has 0 spiro atoms. The van der Waals surface area contributed by atoms with E-state index >= 15 is 0 Å². The lowest BCUT2D eigenvalue weighted by Gasteiger charge is -2.18. The molecular weight excluding hydrogens is 400 g/mol. The van der Waals surface area contributed by atoms with E-state index in [1.165, 1.54) is 24.3 Å². The highest BCUT2D eigenvalue weighted by Gasteiger charge is 2.19. The number of rotatable bonds is 16. The van der Waals surface area contributed by atoms with Crippen LogP contribution in [0.3, 0.4) is 0 Å². The smallest absolute Gasteiger partial charge is 0.340 e. The molecule has 10 heteroatoms. The molecule has 0 aliphatic carbocycles. The Balaban J connectivity index is 2.68. The van der Waals surface area contributed by atoms with Crippen molar-refractivity contribution in [2.45, 2.75) is 38.3 Å². The number of hydrogen-bond donors (Lipinski definition) is 4. The van der Waals surface area contributed by atoms with E-state index in [0.29, 0.717) is 12.8 Å². The molecule has 30 heavy (non-hydrogen) atoms. The number of carbonyl (C=O) groups is 2. The number of aliphatic hydroxyl groups excluding tert-OH is 4. The van der Waals surface area contributed by atoms with Gasteiger partial charge in [-0.3, -0.25) is 0 Å². The predicted molar refractivity (Wildman–Crippen MR) is 104 cm³/mol. The van der Waals surface area contributed by atoms with Crippen LogP contribution in [0.15, 0.2) is 24.3 Å². The Morgan fingerprint density at radius 2 is 1.03 bits per heavy atom. The van der Waals surface area contributed by atoms with Crippen LogP contribution in [-0.2, 0) is 18.9 Å². The van der Waals surface area contributed by atoms with Gasteiger partial charge in [-0.15, -0.1) is 0 Å².